The van der Waals surface area contributed by atoms with Gasteiger partial charge in [0.2, 0.25) is 0 Å². The molecular weight excluding hydrogens is 579 g/mol. The summed E-state index contributed by atoms with van der Waals surface area (Å²) in [5.74, 6) is -0.968. The molecule has 13 heteroatoms. The summed E-state index contributed by atoms with van der Waals surface area (Å²) in [4.78, 5) is 13.1. The number of ether oxygens (including phenoxy) is 1. The molecule has 2 N–H and O–H groups in total. The third-order valence-corrected chi connectivity index (χ3v) is 6.42. The molecule has 0 amide bonds. The third-order valence-electron chi connectivity index (χ3n) is 6.42. The first kappa shape index (κ1) is 30.5. The zero-order valence-electron chi connectivity index (χ0n) is 21.8. The van der Waals surface area contributed by atoms with Crippen molar-refractivity contribution in [3.05, 3.63) is 110 Å². The van der Waals surface area contributed by atoms with E-state index in [9.17, 15) is 44.3 Å². The normalized spacial score (nSPS) is 12.5. The topological polar surface area (TPSA) is 57.2 Å². The minimum Gasteiger partial charge on any atom is -0.457 e. The summed E-state index contributed by atoms with van der Waals surface area (Å²) in [7, 11) is 0. The summed E-state index contributed by atoms with van der Waals surface area (Å²) in [6, 6.07) is 11.5. The van der Waals surface area contributed by atoms with Crippen molar-refractivity contribution in [2.75, 3.05) is 5.73 Å². The van der Waals surface area contributed by atoms with Crippen molar-refractivity contribution >= 4 is 5.69 Å². The fourth-order valence-electron chi connectivity index (χ4n) is 4.30. The predicted molar refractivity (Wildman–Crippen MR) is 137 cm³/mol. The fraction of sp³-hybridized carbons (Fsp3) is 0.207. The van der Waals surface area contributed by atoms with Gasteiger partial charge in [-0.15, -0.1) is 0 Å². The van der Waals surface area contributed by atoms with E-state index in [2.05, 4.69) is 0 Å². The Bertz CT molecular complexity index is 1650. The average molecular weight is 600 g/mol. The van der Waals surface area contributed by atoms with Crippen LogP contribution >= 0.6 is 0 Å². The van der Waals surface area contributed by atoms with Crippen LogP contribution in [0.5, 0.6) is 11.5 Å². The number of hydrogen-bond acceptors (Lipinski definition) is 3. The number of nitrogens with two attached hydrogens (primary N) is 1. The van der Waals surface area contributed by atoms with Gasteiger partial charge in [0.1, 0.15) is 17.2 Å². The molecule has 0 atom stereocenters. The lowest BCUT2D eigenvalue weighted by Gasteiger charge is -2.19. The van der Waals surface area contributed by atoms with Crippen LogP contribution in [0.25, 0.3) is 11.3 Å². The van der Waals surface area contributed by atoms with Gasteiger partial charge in [-0.2, -0.15) is 39.5 Å². The largest absolute Gasteiger partial charge is 0.457 e. The standard InChI is InChI=1S/C29H21F9N2O2/c1-15-3-4-18(16(2)9-15)14-40-24(13-23(29(36,37)38)25(39)26(40)41)17-5-7-21(8-6-17)42-22-11-19(27(30,31)32)10-20(12-22)28(33,34)35/h3-13H,14,39H2,1-2H3. The summed E-state index contributed by atoms with van der Waals surface area (Å²) in [5, 5.41) is 0. The van der Waals surface area contributed by atoms with Gasteiger partial charge in [0, 0.05) is 0 Å². The van der Waals surface area contributed by atoms with E-state index in [1.54, 1.807) is 19.1 Å². The molecule has 3 aromatic carbocycles. The van der Waals surface area contributed by atoms with E-state index in [0.29, 0.717) is 23.8 Å². The minimum absolute atomic E-state index is 0.0513. The monoisotopic (exact) mass is 600 g/mol. The fourth-order valence-corrected chi connectivity index (χ4v) is 4.30. The zero-order valence-corrected chi connectivity index (χ0v) is 21.8. The summed E-state index contributed by atoms with van der Waals surface area (Å²) in [5.41, 5.74) is 1.21. The molecular formula is C29H21F9N2O2. The number of aryl methyl sites for hydroxylation is 2. The molecule has 0 unspecified atom stereocenters. The number of aromatic nitrogens is 1. The smallest absolute Gasteiger partial charge is 0.418 e. The van der Waals surface area contributed by atoms with E-state index in [4.69, 9.17) is 10.5 Å². The molecule has 0 radical (unpaired) electrons. The second-order valence-electron chi connectivity index (χ2n) is 9.54. The number of pyridine rings is 1. The van der Waals surface area contributed by atoms with Crippen molar-refractivity contribution in [1.29, 1.82) is 0 Å². The Morgan fingerprint density at radius 2 is 1.29 bits per heavy atom. The molecule has 0 aliphatic rings. The Hall–Kier alpha value is -4.42. The van der Waals surface area contributed by atoms with Gasteiger partial charge in [-0.25, -0.2) is 0 Å². The van der Waals surface area contributed by atoms with Crippen LogP contribution in [0.2, 0.25) is 0 Å². The van der Waals surface area contributed by atoms with Crippen molar-refractivity contribution in [2.24, 2.45) is 0 Å². The molecule has 222 valence electrons. The van der Waals surface area contributed by atoms with Crippen LogP contribution in [0, 0.1) is 13.8 Å². The van der Waals surface area contributed by atoms with Crippen LogP contribution in [0.1, 0.15) is 33.4 Å². The zero-order chi connectivity index (χ0) is 31.2. The molecule has 1 heterocycles. The van der Waals surface area contributed by atoms with Crippen LogP contribution in [0.3, 0.4) is 0 Å². The molecule has 42 heavy (non-hydrogen) atoms. The summed E-state index contributed by atoms with van der Waals surface area (Å²) in [6.07, 6.45) is -15.1. The Kier molecular flexibility index (Phi) is 7.83. The van der Waals surface area contributed by atoms with Crippen molar-refractivity contribution < 1.29 is 44.3 Å². The van der Waals surface area contributed by atoms with E-state index >= 15 is 0 Å². The Balaban J connectivity index is 1.78. The minimum atomic E-state index is -5.09. The second-order valence-corrected chi connectivity index (χ2v) is 9.54. The first-order valence-corrected chi connectivity index (χ1v) is 12.1. The highest BCUT2D eigenvalue weighted by Gasteiger charge is 2.38. The molecule has 0 spiro atoms. The first-order valence-electron chi connectivity index (χ1n) is 12.1. The van der Waals surface area contributed by atoms with E-state index in [1.165, 1.54) is 12.1 Å². The van der Waals surface area contributed by atoms with Crippen LogP contribution in [-0.2, 0) is 25.1 Å². The maximum absolute atomic E-state index is 13.7. The third kappa shape index (κ3) is 6.55. The molecule has 4 aromatic rings. The lowest BCUT2D eigenvalue weighted by Crippen LogP contribution is -2.29. The molecule has 0 saturated carbocycles. The lowest BCUT2D eigenvalue weighted by atomic mass is 10.0. The number of alkyl halides is 9. The van der Waals surface area contributed by atoms with Gasteiger partial charge in [-0.05, 0) is 79.1 Å². The molecule has 0 aliphatic heterocycles. The van der Waals surface area contributed by atoms with Crippen LogP contribution in [0.15, 0.2) is 71.5 Å². The number of benzene rings is 3. The highest BCUT2D eigenvalue weighted by Crippen LogP contribution is 2.40. The van der Waals surface area contributed by atoms with Crippen molar-refractivity contribution in [3.63, 3.8) is 0 Å². The molecule has 4 rings (SSSR count). The molecule has 1 aromatic heterocycles. The Morgan fingerprint density at radius 1 is 0.714 bits per heavy atom. The number of nitrogen functional groups attached to an aromatic ring is 1. The molecule has 0 aliphatic carbocycles. The maximum Gasteiger partial charge on any atom is 0.418 e. The van der Waals surface area contributed by atoms with Crippen molar-refractivity contribution in [2.45, 2.75) is 38.9 Å². The van der Waals surface area contributed by atoms with Crippen LogP contribution in [-0.4, -0.2) is 4.57 Å². The van der Waals surface area contributed by atoms with Gasteiger partial charge in [0.25, 0.3) is 5.56 Å². The number of anilines is 1. The van der Waals surface area contributed by atoms with Crippen LogP contribution in [0.4, 0.5) is 45.2 Å². The number of rotatable bonds is 5. The van der Waals surface area contributed by atoms with Crippen molar-refractivity contribution in [1.82, 2.24) is 4.57 Å². The van der Waals surface area contributed by atoms with Gasteiger partial charge in [-0.1, -0.05) is 23.8 Å². The van der Waals surface area contributed by atoms with Gasteiger partial charge in [0.05, 0.1) is 28.9 Å². The van der Waals surface area contributed by atoms with Crippen molar-refractivity contribution in [3.8, 4) is 22.8 Å². The first-order chi connectivity index (χ1) is 19.3. The molecule has 0 saturated heterocycles. The maximum atomic E-state index is 13.7. The van der Waals surface area contributed by atoms with Gasteiger partial charge in [0.15, 0.2) is 0 Å². The number of hydrogen-bond donors (Lipinski definition) is 1. The Labute approximate surface area is 232 Å². The average Bonchev–Trinajstić information content (AvgIpc) is 2.87. The molecule has 4 nitrogen and oxygen atoms in total. The van der Waals surface area contributed by atoms with E-state index in [0.717, 1.165) is 27.8 Å². The molecule has 0 fully saturated rings. The summed E-state index contributed by atoms with van der Waals surface area (Å²) < 4.78 is 127. The predicted octanol–water partition coefficient (Wildman–Crippen LogP) is 8.61. The highest BCUT2D eigenvalue weighted by atomic mass is 19.4. The van der Waals surface area contributed by atoms with Gasteiger partial charge in [-0.3, -0.25) is 4.79 Å². The SMILES string of the molecule is Cc1ccc(Cn2c(-c3ccc(Oc4cc(C(F)(F)F)cc(C(F)(F)F)c4)cc3)cc(C(F)(F)F)c(N)c2=O)c(C)c1. The van der Waals surface area contributed by atoms with E-state index in [-0.39, 0.29) is 29.6 Å². The quantitative estimate of drug-likeness (QED) is 0.234. The summed E-state index contributed by atoms with van der Waals surface area (Å²) >= 11 is 0. The highest BCUT2D eigenvalue weighted by molar-refractivity contribution is 5.65. The van der Waals surface area contributed by atoms with Gasteiger partial charge >= 0.3 is 18.5 Å². The number of nitrogens with zero attached hydrogens (tertiary/aromatic N) is 1. The summed E-state index contributed by atoms with van der Waals surface area (Å²) in [6.45, 7) is 3.48. The lowest BCUT2D eigenvalue weighted by molar-refractivity contribution is -0.143. The van der Waals surface area contributed by atoms with Gasteiger partial charge < -0.3 is 15.0 Å². The van der Waals surface area contributed by atoms with E-state index < -0.39 is 52.2 Å². The molecule has 0 bridgehead atoms. The van der Waals surface area contributed by atoms with E-state index in [1.807, 2.05) is 13.0 Å². The van der Waals surface area contributed by atoms with Crippen LogP contribution < -0.4 is 16.0 Å². The number of halogens is 9. The Morgan fingerprint density at radius 3 is 1.79 bits per heavy atom. The second kappa shape index (κ2) is 10.8.